The summed E-state index contributed by atoms with van der Waals surface area (Å²) in [7, 11) is 2.24. The number of likely N-dealkylation sites (N-methyl/N-ethyl adjacent to an activating group) is 1. The van der Waals surface area contributed by atoms with Gasteiger partial charge in [0.25, 0.3) is 0 Å². The fourth-order valence-corrected chi connectivity index (χ4v) is 3.80. The normalized spacial score (nSPS) is 26.8. The van der Waals surface area contributed by atoms with Crippen LogP contribution in [-0.4, -0.2) is 47.0 Å². The molecule has 2 aliphatic rings. The molecule has 2 saturated heterocycles. The fourth-order valence-electron chi connectivity index (χ4n) is 3.64. The van der Waals surface area contributed by atoms with Gasteiger partial charge >= 0.3 is 0 Å². The summed E-state index contributed by atoms with van der Waals surface area (Å²) in [5.41, 5.74) is 7.02. The van der Waals surface area contributed by atoms with Gasteiger partial charge in [0.1, 0.15) is 10.8 Å². The summed E-state index contributed by atoms with van der Waals surface area (Å²) in [5.74, 6) is -0.332. The summed E-state index contributed by atoms with van der Waals surface area (Å²) in [6.07, 6.45) is 3.84. The standard InChI is InChI=1S/C16H22FN3S/c1-19-12-3-4-13(19)10-20(7-6-12)9-11-2-5-15(17)14(8-11)16(18)21/h2,5,8,12-13H,3-4,6-7,9-10H2,1H3,(H2,18,21). The van der Waals surface area contributed by atoms with Crippen LogP contribution in [-0.2, 0) is 6.54 Å². The van der Waals surface area contributed by atoms with E-state index in [4.69, 9.17) is 18.0 Å². The summed E-state index contributed by atoms with van der Waals surface area (Å²) in [5, 5.41) is 0. The maximum absolute atomic E-state index is 13.6. The molecule has 2 atom stereocenters. The van der Waals surface area contributed by atoms with E-state index < -0.39 is 0 Å². The molecule has 0 saturated carbocycles. The largest absolute Gasteiger partial charge is 0.389 e. The Labute approximate surface area is 130 Å². The quantitative estimate of drug-likeness (QED) is 0.867. The average molecular weight is 307 g/mol. The van der Waals surface area contributed by atoms with Crippen LogP contribution in [0.5, 0.6) is 0 Å². The first-order valence-electron chi connectivity index (χ1n) is 7.57. The van der Waals surface area contributed by atoms with Crippen LogP contribution in [0.1, 0.15) is 30.4 Å². The van der Waals surface area contributed by atoms with Crippen molar-refractivity contribution in [3.8, 4) is 0 Å². The van der Waals surface area contributed by atoms with E-state index >= 15 is 0 Å². The van der Waals surface area contributed by atoms with Gasteiger partial charge in [-0.3, -0.25) is 9.80 Å². The summed E-state index contributed by atoms with van der Waals surface area (Å²) in [6, 6.07) is 6.50. The van der Waals surface area contributed by atoms with Crippen molar-refractivity contribution in [2.24, 2.45) is 5.73 Å². The summed E-state index contributed by atoms with van der Waals surface area (Å²) < 4.78 is 13.6. The molecule has 3 nitrogen and oxygen atoms in total. The molecule has 0 spiro atoms. The van der Waals surface area contributed by atoms with Crippen LogP contribution in [0.25, 0.3) is 0 Å². The second-order valence-electron chi connectivity index (χ2n) is 6.25. The minimum atomic E-state index is -0.332. The van der Waals surface area contributed by atoms with E-state index in [1.165, 1.54) is 25.3 Å². The van der Waals surface area contributed by atoms with Gasteiger partial charge in [-0.25, -0.2) is 4.39 Å². The van der Waals surface area contributed by atoms with Gasteiger partial charge < -0.3 is 5.73 Å². The van der Waals surface area contributed by atoms with Crippen LogP contribution in [0.15, 0.2) is 18.2 Å². The van der Waals surface area contributed by atoms with Crippen molar-refractivity contribution in [1.82, 2.24) is 9.80 Å². The third kappa shape index (κ3) is 3.10. The fraction of sp³-hybridized carbons (Fsp3) is 0.562. The zero-order valence-corrected chi connectivity index (χ0v) is 13.2. The summed E-state index contributed by atoms with van der Waals surface area (Å²) in [6.45, 7) is 3.03. The molecule has 0 radical (unpaired) electrons. The topological polar surface area (TPSA) is 32.5 Å². The first-order valence-corrected chi connectivity index (χ1v) is 7.98. The van der Waals surface area contributed by atoms with Crippen LogP contribution in [0.3, 0.4) is 0 Å². The summed E-state index contributed by atoms with van der Waals surface area (Å²) in [4.78, 5) is 5.13. The molecule has 2 bridgehead atoms. The van der Waals surface area contributed by atoms with E-state index in [1.54, 1.807) is 6.07 Å². The maximum atomic E-state index is 13.6. The molecule has 0 aromatic heterocycles. The second-order valence-corrected chi connectivity index (χ2v) is 6.69. The molecule has 21 heavy (non-hydrogen) atoms. The first kappa shape index (κ1) is 14.9. The van der Waals surface area contributed by atoms with Crippen molar-refractivity contribution in [3.63, 3.8) is 0 Å². The number of fused-ring (bicyclic) bond motifs is 2. The van der Waals surface area contributed by atoms with Crippen LogP contribution in [0.4, 0.5) is 4.39 Å². The highest BCUT2D eigenvalue weighted by Gasteiger charge is 2.34. The number of halogens is 1. The Balaban J connectivity index is 1.72. The number of likely N-dealkylation sites (tertiary alicyclic amines) is 1. The van der Waals surface area contributed by atoms with Crippen LogP contribution >= 0.6 is 12.2 Å². The van der Waals surface area contributed by atoms with Gasteiger partial charge in [-0.1, -0.05) is 18.3 Å². The Morgan fingerprint density at radius 3 is 2.86 bits per heavy atom. The average Bonchev–Trinajstić information content (AvgIpc) is 2.69. The lowest BCUT2D eigenvalue weighted by molar-refractivity contribution is 0.214. The zero-order valence-electron chi connectivity index (χ0n) is 12.4. The number of thiocarbonyl (C=S) groups is 1. The molecular weight excluding hydrogens is 285 g/mol. The van der Waals surface area contributed by atoms with Crippen LogP contribution in [0, 0.1) is 5.82 Å². The Hall–Kier alpha value is -1.04. The number of hydrogen-bond acceptors (Lipinski definition) is 3. The van der Waals surface area contributed by atoms with Gasteiger partial charge in [0.05, 0.1) is 0 Å². The highest BCUT2D eigenvalue weighted by Crippen LogP contribution is 2.29. The van der Waals surface area contributed by atoms with Crippen molar-refractivity contribution in [2.45, 2.75) is 37.9 Å². The number of rotatable bonds is 3. The monoisotopic (exact) mass is 307 g/mol. The molecule has 2 heterocycles. The van der Waals surface area contributed by atoms with Gasteiger partial charge in [0.2, 0.25) is 0 Å². The van der Waals surface area contributed by atoms with Crippen molar-refractivity contribution in [3.05, 3.63) is 35.1 Å². The molecule has 2 unspecified atom stereocenters. The third-order valence-electron chi connectivity index (χ3n) is 4.93. The number of nitrogens with two attached hydrogens (primary N) is 1. The van der Waals surface area contributed by atoms with E-state index in [1.807, 2.05) is 6.07 Å². The number of nitrogens with zero attached hydrogens (tertiary/aromatic N) is 2. The van der Waals surface area contributed by atoms with Gasteiger partial charge in [-0.2, -0.15) is 0 Å². The number of benzene rings is 1. The van der Waals surface area contributed by atoms with Crippen LogP contribution < -0.4 is 5.73 Å². The number of hydrogen-bond donors (Lipinski definition) is 1. The lowest BCUT2D eigenvalue weighted by atomic mass is 10.1. The van der Waals surface area contributed by atoms with Crippen molar-refractivity contribution < 1.29 is 4.39 Å². The maximum Gasteiger partial charge on any atom is 0.133 e. The minimum absolute atomic E-state index is 0.129. The minimum Gasteiger partial charge on any atom is -0.389 e. The molecule has 0 amide bonds. The van der Waals surface area contributed by atoms with Gasteiger partial charge in [0.15, 0.2) is 0 Å². The predicted octanol–water partition coefficient (Wildman–Crippen LogP) is 2.13. The Morgan fingerprint density at radius 1 is 1.33 bits per heavy atom. The molecule has 2 N–H and O–H groups in total. The SMILES string of the molecule is CN1C2CCC1CN(Cc1ccc(F)c(C(N)=S)c1)CC2. The summed E-state index contributed by atoms with van der Waals surface area (Å²) >= 11 is 4.91. The van der Waals surface area contributed by atoms with Crippen molar-refractivity contribution >= 4 is 17.2 Å². The zero-order chi connectivity index (χ0) is 15.0. The van der Waals surface area contributed by atoms with Crippen molar-refractivity contribution in [2.75, 3.05) is 20.1 Å². The Kier molecular flexibility index (Phi) is 4.24. The molecule has 1 aromatic rings. The lowest BCUT2D eigenvalue weighted by Crippen LogP contribution is -2.36. The third-order valence-corrected chi connectivity index (χ3v) is 5.15. The second kappa shape index (κ2) is 5.99. The Morgan fingerprint density at radius 2 is 2.10 bits per heavy atom. The van der Waals surface area contributed by atoms with Crippen LogP contribution in [0.2, 0.25) is 0 Å². The molecule has 1 aromatic carbocycles. The van der Waals surface area contributed by atoms with E-state index in [0.29, 0.717) is 11.6 Å². The van der Waals surface area contributed by atoms with Gasteiger partial charge in [-0.15, -0.1) is 0 Å². The van der Waals surface area contributed by atoms with E-state index in [9.17, 15) is 4.39 Å². The lowest BCUT2D eigenvalue weighted by Gasteiger charge is -2.25. The van der Waals surface area contributed by atoms with E-state index in [-0.39, 0.29) is 10.8 Å². The van der Waals surface area contributed by atoms with Gasteiger partial charge in [0, 0.05) is 37.3 Å². The molecule has 3 rings (SSSR count). The van der Waals surface area contributed by atoms with E-state index in [2.05, 4.69) is 16.8 Å². The highest BCUT2D eigenvalue weighted by molar-refractivity contribution is 7.80. The smallest absolute Gasteiger partial charge is 0.133 e. The van der Waals surface area contributed by atoms with Gasteiger partial charge in [-0.05, 0) is 44.0 Å². The molecule has 0 aliphatic carbocycles. The molecule has 2 fully saturated rings. The van der Waals surface area contributed by atoms with E-state index in [0.717, 1.165) is 31.2 Å². The molecule has 2 aliphatic heterocycles. The predicted molar refractivity (Wildman–Crippen MR) is 86.8 cm³/mol. The first-order chi connectivity index (χ1) is 10.0. The molecule has 114 valence electrons. The van der Waals surface area contributed by atoms with Crippen molar-refractivity contribution in [1.29, 1.82) is 0 Å². The Bertz CT molecular complexity index is 548. The highest BCUT2D eigenvalue weighted by atomic mass is 32.1. The molecule has 5 heteroatoms. The molecular formula is C16H22FN3S.